The van der Waals surface area contributed by atoms with Gasteiger partial charge in [0.1, 0.15) is 5.69 Å². The number of benzene rings is 1. The number of phenolic OH excluding ortho intramolecular Hbond substituents is 2. The Balaban J connectivity index is 2.09. The minimum atomic E-state index is -1.04. The molecule has 0 spiro atoms. The van der Waals surface area contributed by atoms with Crippen LogP contribution in [0.1, 0.15) is 0 Å². The van der Waals surface area contributed by atoms with Crippen LogP contribution in [-0.4, -0.2) is 20.3 Å². The number of halogens is 1. The molecule has 2 N–H and O–H groups in total. The smallest absolute Gasteiger partial charge is 0.371 e. The zero-order valence-electron chi connectivity index (χ0n) is 11.7. The minimum Gasteiger partial charge on any atom is -0.616 e. The maximum absolute atomic E-state index is 13.3. The Hall–Kier alpha value is -3.69. The van der Waals surface area contributed by atoms with Gasteiger partial charge < -0.3 is 19.9 Å². The first kappa shape index (κ1) is 15.2. The lowest BCUT2D eigenvalue weighted by atomic mass is 10.1. The Bertz CT molecular complexity index is 956. The maximum Gasteiger partial charge on any atom is 0.371 e. The standard InChI is InChI=1S/C14H8FN3O6/c15-13-3-1-2-9(17(13)21)12-6-8(16-24-12)7-4-10(18(22)23)14(20)11(19)5-7/h1-6,19-20H. The molecule has 0 bridgehead atoms. The highest BCUT2D eigenvalue weighted by Crippen LogP contribution is 2.39. The summed E-state index contributed by atoms with van der Waals surface area (Å²) >= 11 is 0. The third-order valence-electron chi connectivity index (χ3n) is 3.23. The number of nitro benzene ring substituents is 1. The van der Waals surface area contributed by atoms with E-state index in [1.165, 1.54) is 18.2 Å². The second kappa shape index (κ2) is 5.50. The van der Waals surface area contributed by atoms with Crippen molar-refractivity contribution in [3.05, 3.63) is 57.7 Å². The quantitative estimate of drug-likeness (QED) is 0.187. The fourth-order valence-corrected chi connectivity index (χ4v) is 2.07. The van der Waals surface area contributed by atoms with Crippen LogP contribution in [0.25, 0.3) is 22.7 Å². The molecule has 122 valence electrons. The van der Waals surface area contributed by atoms with Gasteiger partial charge in [-0.1, -0.05) is 5.16 Å². The largest absolute Gasteiger partial charge is 0.616 e. The van der Waals surface area contributed by atoms with Crippen molar-refractivity contribution in [1.29, 1.82) is 0 Å². The number of rotatable bonds is 3. The molecule has 2 heterocycles. The van der Waals surface area contributed by atoms with Gasteiger partial charge in [-0.3, -0.25) is 10.1 Å². The van der Waals surface area contributed by atoms with Gasteiger partial charge in [-0.25, -0.2) is 0 Å². The molecule has 10 heteroatoms. The van der Waals surface area contributed by atoms with Crippen LogP contribution in [0.4, 0.5) is 10.1 Å². The molecule has 0 saturated carbocycles. The SMILES string of the molecule is O=[N+]([O-])c1cc(-c2cc(-c3cccc(F)[n+]3[O-])on2)cc(O)c1O. The van der Waals surface area contributed by atoms with Crippen molar-refractivity contribution in [3.63, 3.8) is 0 Å². The predicted molar refractivity (Wildman–Crippen MR) is 76.3 cm³/mol. The van der Waals surface area contributed by atoms with Crippen molar-refractivity contribution in [2.75, 3.05) is 0 Å². The topological polar surface area (TPSA) is 137 Å². The normalized spacial score (nSPS) is 10.7. The van der Waals surface area contributed by atoms with Gasteiger partial charge in [-0.05, 0) is 12.1 Å². The fraction of sp³-hybridized carbons (Fsp3) is 0. The number of aromatic hydroxyl groups is 2. The van der Waals surface area contributed by atoms with Gasteiger partial charge in [0.15, 0.2) is 5.75 Å². The number of nitro groups is 1. The van der Waals surface area contributed by atoms with E-state index in [4.69, 9.17) is 4.52 Å². The Morgan fingerprint density at radius 2 is 2.00 bits per heavy atom. The summed E-state index contributed by atoms with van der Waals surface area (Å²) in [6.07, 6.45) is 0. The molecule has 0 aliphatic carbocycles. The van der Waals surface area contributed by atoms with Crippen molar-refractivity contribution in [3.8, 4) is 34.2 Å². The number of aromatic nitrogens is 2. The molecule has 9 nitrogen and oxygen atoms in total. The van der Waals surface area contributed by atoms with Crippen molar-refractivity contribution in [2.24, 2.45) is 0 Å². The predicted octanol–water partition coefficient (Wildman–Crippen LogP) is 2.10. The van der Waals surface area contributed by atoms with Crippen LogP contribution in [0.15, 0.2) is 40.9 Å². The zero-order chi connectivity index (χ0) is 17.4. The minimum absolute atomic E-state index is 0.00103. The molecule has 0 fully saturated rings. The van der Waals surface area contributed by atoms with Crippen LogP contribution in [0.3, 0.4) is 0 Å². The molecule has 0 amide bonds. The Kier molecular flexibility index (Phi) is 3.49. The van der Waals surface area contributed by atoms with Crippen LogP contribution in [0.2, 0.25) is 0 Å². The van der Waals surface area contributed by atoms with Crippen LogP contribution in [0, 0.1) is 21.3 Å². The first-order chi connectivity index (χ1) is 11.4. The summed E-state index contributed by atoms with van der Waals surface area (Å²) in [6, 6.07) is 6.85. The summed E-state index contributed by atoms with van der Waals surface area (Å²) in [6.45, 7) is 0. The van der Waals surface area contributed by atoms with E-state index in [1.807, 2.05) is 0 Å². The highest BCUT2D eigenvalue weighted by Gasteiger charge is 2.23. The summed E-state index contributed by atoms with van der Waals surface area (Å²) in [5.74, 6) is -2.71. The molecule has 0 atom stereocenters. The first-order valence-corrected chi connectivity index (χ1v) is 6.44. The fourth-order valence-electron chi connectivity index (χ4n) is 2.07. The van der Waals surface area contributed by atoms with Gasteiger partial charge in [0.2, 0.25) is 11.5 Å². The highest BCUT2D eigenvalue weighted by molar-refractivity contribution is 5.71. The molecule has 0 aliphatic heterocycles. The van der Waals surface area contributed by atoms with Gasteiger partial charge in [-0.2, -0.15) is 0 Å². The summed E-state index contributed by atoms with van der Waals surface area (Å²) < 4.78 is 18.2. The molecule has 0 aliphatic rings. The van der Waals surface area contributed by atoms with E-state index in [1.54, 1.807) is 0 Å². The van der Waals surface area contributed by atoms with Crippen LogP contribution in [-0.2, 0) is 0 Å². The lowest BCUT2D eigenvalue weighted by Gasteiger charge is -2.02. The first-order valence-electron chi connectivity index (χ1n) is 6.44. The summed E-state index contributed by atoms with van der Waals surface area (Å²) in [5, 5.41) is 45.2. The van der Waals surface area contributed by atoms with E-state index >= 15 is 0 Å². The van der Waals surface area contributed by atoms with E-state index in [0.717, 1.165) is 18.2 Å². The van der Waals surface area contributed by atoms with Crippen molar-refractivity contribution < 1.29 is 28.8 Å². The van der Waals surface area contributed by atoms with E-state index < -0.39 is 28.1 Å². The highest BCUT2D eigenvalue weighted by atomic mass is 19.1. The Morgan fingerprint density at radius 1 is 1.25 bits per heavy atom. The second-order valence-electron chi connectivity index (χ2n) is 4.72. The Labute approximate surface area is 132 Å². The van der Waals surface area contributed by atoms with Crippen molar-refractivity contribution >= 4 is 5.69 Å². The third-order valence-corrected chi connectivity index (χ3v) is 3.23. The molecule has 24 heavy (non-hydrogen) atoms. The van der Waals surface area contributed by atoms with E-state index in [2.05, 4.69) is 5.16 Å². The number of nitrogens with zero attached hydrogens (tertiary/aromatic N) is 3. The average molecular weight is 333 g/mol. The van der Waals surface area contributed by atoms with Gasteiger partial charge >= 0.3 is 11.6 Å². The molecule has 1 aromatic carbocycles. The number of pyridine rings is 1. The van der Waals surface area contributed by atoms with Crippen LogP contribution < -0.4 is 4.73 Å². The molecule has 3 rings (SSSR count). The molecule has 2 aromatic heterocycles. The average Bonchev–Trinajstić information content (AvgIpc) is 3.02. The molecular weight excluding hydrogens is 325 g/mol. The molecule has 0 radical (unpaired) electrons. The molecule has 0 saturated heterocycles. The molecule has 3 aromatic rings. The van der Waals surface area contributed by atoms with Gasteiger partial charge in [0.25, 0.3) is 5.69 Å². The summed E-state index contributed by atoms with van der Waals surface area (Å²) in [7, 11) is 0. The number of hydrogen-bond donors (Lipinski definition) is 2. The van der Waals surface area contributed by atoms with E-state index in [0.29, 0.717) is 0 Å². The molecule has 0 unspecified atom stereocenters. The lowest BCUT2D eigenvalue weighted by molar-refractivity contribution is -0.626. The van der Waals surface area contributed by atoms with Crippen molar-refractivity contribution in [2.45, 2.75) is 0 Å². The Morgan fingerprint density at radius 3 is 2.71 bits per heavy atom. The molecular formula is C14H8FN3O6. The van der Waals surface area contributed by atoms with Crippen LogP contribution >= 0.6 is 0 Å². The van der Waals surface area contributed by atoms with Crippen molar-refractivity contribution in [1.82, 2.24) is 5.16 Å². The zero-order valence-corrected chi connectivity index (χ0v) is 11.7. The van der Waals surface area contributed by atoms with E-state index in [9.17, 15) is 29.9 Å². The van der Waals surface area contributed by atoms with Gasteiger partial charge in [0, 0.05) is 29.8 Å². The third kappa shape index (κ3) is 2.45. The van der Waals surface area contributed by atoms with Gasteiger partial charge in [-0.15, -0.1) is 9.12 Å². The van der Waals surface area contributed by atoms with Gasteiger partial charge in [0.05, 0.1) is 4.92 Å². The van der Waals surface area contributed by atoms with Crippen LogP contribution in [0.5, 0.6) is 11.5 Å². The maximum atomic E-state index is 13.3. The lowest BCUT2D eigenvalue weighted by Crippen LogP contribution is -2.33. The van der Waals surface area contributed by atoms with E-state index in [-0.39, 0.29) is 27.4 Å². The summed E-state index contributed by atoms with van der Waals surface area (Å²) in [4.78, 5) is 9.99. The summed E-state index contributed by atoms with van der Waals surface area (Å²) in [5.41, 5.74) is -0.751. The monoisotopic (exact) mass is 333 g/mol. The second-order valence-corrected chi connectivity index (χ2v) is 4.72. The number of phenols is 2. The number of hydrogen-bond acceptors (Lipinski definition) is 7.